The predicted molar refractivity (Wildman–Crippen MR) is 234 cm³/mol. The van der Waals surface area contributed by atoms with Crippen LogP contribution in [0.15, 0.2) is 73.2 Å². The Morgan fingerprint density at radius 3 is 1.97 bits per heavy atom. The van der Waals surface area contributed by atoms with Crippen molar-refractivity contribution in [2.24, 2.45) is 0 Å². The summed E-state index contributed by atoms with van der Waals surface area (Å²) in [6.45, 7) is 24.3. The molecule has 14 heteroatoms. The number of rotatable bonds is 9. The number of carbonyl (C=O) groups excluding carboxylic acids is 2. The highest BCUT2D eigenvalue weighted by molar-refractivity contribution is 8.00. The van der Waals surface area contributed by atoms with E-state index < -0.39 is 5.60 Å². The smallest absolute Gasteiger partial charge is 0.410 e. The first-order valence-electron chi connectivity index (χ1n) is 20.4. The number of hydrogen-bond acceptors (Lipinski definition) is 10. The maximum absolute atomic E-state index is 15.8. The van der Waals surface area contributed by atoms with Crippen LogP contribution < -0.4 is 10.0 Å². The molecule has 2 saturated heterocycles. The van der Waals surface area contributed by atoms with E-state index in [1.807, 2.05) is 91.9 Å². The third kappa shape index (κ3) is 14.0. The number of piperazine rings is 2. The molecular weight excluding hydrogens is 756 g/mol. The van der Waals surface area contributed by atoms with Gasteiger partial charge in [-0.3, -0.25) is 9.88 Å². The molecule has 58 heavy (non-hydrogen) atoms. The Morgan fingerprint density at radius 2 is 1.40 bits per heavy atom. The largest absolute Gasteiger partial charge is 0.444 e. The Morgan fingerprint density at radius 1 is 0.810 bits per heavy atom. The molecule has 6 rings (SSSR count). The average molecular weight is 819 g/mol. The highest BCUT2D eigenvalue weighted by Crippen LogP contribution is 2.36. The van der Waals surface area contributed by atoms with E-state index in [9.17, 15) is 9.59 Å². The fraction of sp³-hybridized carbons (Fsp3) is 0.500. The number of benzene rings is 2. The molecule has 2 aromatic carbocycles. The van der Waals surface area contributed by atoms with E-state index in [1.54, 1.807) is 39.0 Å². The lowest BCUT2D eigenvalue weighted by atomic mass is 10.0. The van der Waals surface area contributed by atoms with Gasteiger partial charge in [-0.25, -0.2) is 18.7 Å². The second kappa shape index (κ2) is 21.9. The quantitative estimate of drug-likeness (QED) is 0.125. The first-order valence-corrected chi connectivity index (χ1v) is 21.3. The molecule has 12 nitrogen and oxygen atoms in total. The summed E-state index contributed by atoms with van der Waals surface area (Å²) < 4.78 is 31.5. The lowest BCUT2D eigenvalue weighted by molar-refractivity contribution is 0.0138. The monoisotopic (exact) mass is 818 g/mol. The van der Waals surface area contributed by atoms with E-state index in [0.717, 1.165) is 69.2 Å². The van der Waals surface area contributed by atoms with Crippen LogP contribution in [0.3, 0.4) is 0 Å². The summed E-state index contributed by atoms with van der Waals surface area (Å²) in [5, 5.41) is 8.09. The van der Waals surface area contributed by atoms with Crippen molar-refractivity contribution < 1.29 is 23.5 Å². The van der Waals surface area contributed by atoms with Crippen molar-refractivity contribution >= 4 is 29.8 Å². The fourth-order valence-corrected chi connectivity index (χ4v) is 6.70. The van der Waals surface area contributed by atoms with Crippen molar-refractivity contribution in [3.63, 3.8) is 0 Å². The lowest BCUT2D eigenvalue weighted by Crippen LogP contribution is -2.49. The first kappa shape index (κ1) is 46.0. The van der Waals surface area contributed by atoms with Gasteiger partial charge in [-0.1, -0.05) is 57.0 Å². The standard InChI is InChI=1S/C33H39FN6O2S.C9H18N2O2.C2H6/c1-5-21-43-37-29-8-6-7-27(30(29)34)28-23-40(36-31(28)25-13-15-35-16-14-25)26-11-9-24(10-12-26)22-38-17-19-39(20-18-38)32(41)42-33(2,3)4;1-9(2,3)13-8(12)11-6-4-10-5-7-11;1-2/h6-16,23,37H,5,17-22H2,1-4H3;10H,4-7H2,1-3H3;1-2H3. The van der Waals surface area contributed by atoms with E-state index in [2.05, 4.69) is 39.0 Å². The summed E-state index contributed by atoms with van der Waals surface area (Å²) in [4.78, 5) is 33.9. The summed E-state index contributed by atoms with van der Waals surface area (Å²) in [5.74, 6) is 0.588. The summed E-state index contributed by atoms with van der Waals surface area (Å²) in [7, 11) is 0. The maximum Gasteiger partial charge on any atom is 0.410 e. The number of amides is 2. The van der Waals surface area contributed by atoms with Gasteiger partial charge in [-0.2, -0.15) is 5.10 Å². The molecule has 2 aliphatic heterocycles. The van der Waals surface area contributed by atoms with Crippen LogP contribution in [0.5, 0.6) is 0 Å². The van der Waals surface area contributed by atoms with Crippen LogP contribution in [0.4, 0.5) is 19.7 Å². The van der Waals surface area contributed by atoms with Gasteiger partial charge in [0.15, 0.2) is 5.82 Å². The molecule has 4 heterocycles. The lowest BCUT2D eigenvalue weighted by Gasteiger charge is -2.35. The molecule has 2 N–H and O–H groups in total. The Labute approximate surface area is 349 Å². The molecule has 0 spiro atoms. The Hall–Kier alpha value is -4.66. The number of aromatic nitrogens is 3. The van der Waals surface area contributed by atoms with Gasteiger partial charge in [-0.15, -0.1) is 0 Å². The van der Waals surface area contributed by atoms with Crippen LogP contribution in [0.1, 0.15) is 74.3 Å². The minimum atomic E-state index is -0.493. The van der Waals surface area contributed by atoms with Gasteiger partial charge in [-0.05, 0) is 83.9 Å². The van der Waals surface area contributed by atoms with Crippen LogP contribution in [0.25, 0.3) is 28.1 Å². The number of pyridine rings is 1. The van der Waals surface area contributed by atoms with Crippen molar-refractivity contribution in [3.05, 3.63) is 84.6 Å². The summed E-state index contributed by atoms with van der Waals surface area (Å²) in [6.07, 6.45) is 5.88. The minimum absolute atomic E-state index is 0.200. The predicted octanol–water partition coefficient (Wildman–Crippen LogP) is 9.12. The Bertz CT molecular complexity index is 1870. The molecule has 0 radical (unpaired) electrons. The molecule has 4 aromatic rings. The highest BCUT2D eigenvalue weighted by atomic mass is 32.2. The number of ether oxygens (including phenoxy) is 2. The normalized spacial score (nSPS) is 14.7. The van der Waals surface area contributed by atoms with Gasteiger partial charge in [0.25, 0.3) is 0 Å². The van der Waals surface area contributed by atoms with Crippen LogP contribution in [-0.4, -0.2) is 111 Å². The number of nitrogens with one attached hydrogen (secondary N) is 2. The number of carbonyl (C=O) groups is 2. The number of nitrogens with zero attached hydrogens (tertiary/aromatic N) is 6. The highest BCUT2D eigenvalue weighted by Gasteiger charge is 2.26. The third-order valence-corrected chi connectivity index (χ3v) is 9.82. The molecule has 0 unspecified atom stereocenters. The van der Waals surface area contributed by atoms with Gasteiger partial charge >= 0.3 is 12.2 Å². The molecule has 0 aliphatic carbocycles. The average Bonchev–Trinajstić information content (AvgIpc) is 3.65. The van der Waals surface area contributed by atoms with Gasteiger partial charge in [0.05, 0.1) is 11.4 Å². The maximum atomic E-state index is 15.8. The van der Waals surface area contributed by atoms with Crippen molar-refractivity contribution in [2.75, 3.05) is 62.8 Å². The van der Waals surface area contributed by atoms with Crippen LogP contribution >= 0.6 is 11.9 Å². The summed E-state index contributed by atoms with van der Waals surface area (Å²) >= 11 is 1.50. The molecule has 0 saturated carbocycles. The van der Waals surface area contributed by atoms with Crippen molar-refractivity contribution in [1.82, 2.24) is 34.8 Å². The fourth-order valence-electron chi connectivity index (χ4n) is 6.08. The number of anilines is 1. The van der Waals surface area contributed by atoms with Crippen molar-refractivity contribution in [2.45, 2.75) is 86.5 Å². The summed E-state index contributed by atoms with van der Waals surface area (Å²) in [5.41, 5.74) is 4.38. The van der Waals surface area contributed by atoms with E-state index in [0.29, 0.717) is 35.6 Å². The molecule has 0 atom stereocenters. The second-order valence-electron chi connectivity index (χ2n) is 15.8. The van der Waals surface area contributed by atoms with Gasteiger partial charge in [0.2, 0.25) is 0 Å². The molecule has 2 fully saturated rings. The molecule has 2 amide bonds. The number of hydrogen-bond donors (Lipinski definition) is 2. The van der Waals surface area contributed by atoms with E-state index in [-0.39, 0.29) is 23.6 Å². The van der Waals surface area contributed by atoms with Crippen molar-refractivity contribution in [3.8, 4) is 28.1 Å². The molecule has 316 valence electrons. The van der Waals surface area contributed by atoms with Crippen LogP contribution in [0.2, 0.25) is 0 Å². The van der Waals surface area contributed by atoms with E-state index in [4.69, 9.17) is 14.6 Å². The zero-order valence-electron chi connectivity index (χ0n) is 35.8. The molecule has 2 aromatic heterocycles. The Balaban J connectivity index is 0.000000420. The van der Waals surface area contributed by atoms with Crippen LogP contribution in [-0.2, 0) is 16.0 Å². The first-order chi connectivity index (χ1) is 27.7. The zero-order valence-corrected chi connectivity index (χ0v) is 36.6. The summed E-state index contributed by atoms with van der Waals surface area (Å²) in [6, 6.07) is 17.5. The molecule has 0 bridgehead atoms. The molecular formula is C44H63FN8O4S. The topological polar surface area (TPSA) is 117 Å². The van der Waals surface area contributed by atoms with Gasteiger partial charge in [0.1, 0.15) is 16.9 Å². The van der Waals surface area contributed by atoms with Crippen molar-refractivity contribution in [1.29, 1.82) is 0 Å². The SMILES string of the molecule is CC.CC(C)(C)OC(=O)N1CCNCC1.CCCSNc1cccc(-c2cn(-c3ccc(CN4CCN(C(=O)OC(C)(C)C)CC4)cc3)nc2-c2ccncc2)c1F. The van der Waals surface area contributed by atoms with Gasteiger partial charge in [0, 0.05) is 99.9 Å². The van der Waals surface area contributed by atoms with E-state index in [1.165, 1.54) is 17.5 Å². The van der Waals surface area contributed by atoms with Gasteiger partial charge < -0.3 is 29.3 Å². The minimum Gasteiger partial charge on any atom is -0.444 e. The third-order valence-electron chi connectivity index (χ3n) is 8.84. The zero-order chi connectivity index (χ0) is 42.3. The molecule has 2 aliphatic rings. The number of halogens is 1. The Kier molecular flexibility index (Phi) is 17.4. The van der Waals surface area contributed by atoms with Crippen LogP contribution in [0, 0.1) is 5.82 Å². The van der Waals surface area contributed by atoms with E-state index >= 15 is 4.39 Å². The second-order valence-corrected chi connectivity index (χ2v) is 16.7.